The summed E-state index contributed by atoms with van der Waals surface area (Å²) < 4.78 is 44.2. The average molecular weight is 346 g/mol. The highest BCUT2D eigenvalue weighted by atomic mass is 79.9. The van der Waals surface area contributed by atoms with Crippen LogP contribution < -0.4 is 10.5 Å². The van der Waals surface area contributed by atoms with Crippen LogP contribution in [-0.4, -0.2) is 0 Å². The quantitative estimate of drug-likeness (QED) is 0.823. The monoisotopic (exact) mass is 345 g/mol. The molecule has 0 unspecified atom stereocenters. The van der Waals surface area contributed by atoms with E-state index in [1.807, 2.05) is 24.3 Å². The highest BCUT2D eigenvalue weighted by Crippen LogP contribution is 2.33. The molecule has 2 aromatic rings. The van der Waals surface area contributed by atoms with Gasteiger partial charge >= 0.3 is 6.18 Å². The number of hydrogen-bond donors (Lipinski definition) is 1. The van der Waals surface area contributed by atoms with Gasteiger partial charge in [-0.25, -0.2) is 0 Å². The lowest BCUT2D eigenvalue weighted by Gasteiger charge is -2.12. The first-order chi connectivity index (χ1) is 9.34. The molecule has 6 heteroatoms. The second-order valence-corrected chi connectivity index (χ2v) is 5.12. The molecule has 0 amide bonds. The van der Waals surface area contributed by atoms with Gasteiger partial charge in [-0.15, -0.1) is 0 Å². The second kappa shape index (κ2) is 5.75. The van der Waals surface area contributed by atoms with Crippen LogP contribution in [0.15, 0.2) is 46.9 Å². The lowest BCUT2D eigenvalue weighted by Crippen LogP contribution is -2.06. The number of hydrogen-bond acceptors (Lipinski definition) is 2. The lowest BCUT2D eigenvalue weighted by atomic mass is 10.2. The van der Waals surface area contributed by atoms with Gasteiger partial charge in [-0.1, -0.05) is 28.1 Å². The Morgan fingerprint density at radius 3 is 2.50 bits per heavy atom. The topological polar surface area (TPSA) is 35.2 Å². The molecule has 0 saturated carbocycles. The lowest BCUT2D eigenvalue weighted by molar-refractivity contribution is -0.137. The number of rotatable bonds is 3. The van der Waals surface area contributed by atoms with Gasteiger partial charge in [0.05, 0.1) is 5.56 Å². The van der Waals surface area contributed by atoms with E-state index in [9.17, 15) is 13.2 Å². The third kappa shape index (κ3) is 3.90. The summed E-state index contributed by atoms with van der Waals surface area (Å²) in [5, 5.41) is 0. The summed E-state index contributed by atoms with van der Waals surface area (Å²) in [4.78, 5) is 0. The Balaban J connectivity index is 2.16. The summed E-state index contributed by atoms with van der Waals surface area (Å²) >= 11 is 3.31. The molecule has 0 aliphatic rings. The van der Waals surface area contributed by atoms with Crippen molar-refractivity contribution >= 4 is 21.6 Å². The van der Waals surface area contributed by atoms with E-state index >= 15 is 0 Å². The Morgan fingerprint density at radius 2 is 1.85 bits per heavy atom. The molecule has 0 aromatic heterocycles. The van der Waals surface area contributed by atoms with Gasteiger partial charge in [0.15, 0.2) is 0 Å². The van der Waals surface area contributed by atoms with Crippen molar-refractivity contribution in [2.24, 2.45) is 0 Å². The summed E-state index contributed by atoms with van der Waals surface area (Å²) in [5.74, 6) is 0.0947. The molecule has 0 aliphatic carbocycles. The molecule has 0 bridgehead atoms. The molecule has 20 heavy (non-hydrogen) atoms. The predicted molar refractivity (Wildman–Crippen MR) is 74.3 cm³/mol. The van der Waals surface area contributed by atoms with E-state index in [-0.39, 0.29) is 18.0 Å². The standard InChI is InChI=1S/C14H11BrF3NO/c15-11-3-1-2-9(4-11)8-20-13-6-10(14(16,17)18)5-12(19)7-13/h1-7H,8,19H2. The fourth-order valence-electron chi connectivity index (χ4n) is 1.66. The smallest absolute Gasteiger partial charge is 0.416 e. The maximum Gasteiger partial charge on any atom is 0.416 e. The summed E-state index contributed by atoms with van der Waals surface area (Å²) in [7, 11) is 0. The normalized spacial score (nSPS) is 11.4. The number of anilines is 1. The molecule has 2 rings (SSSR count). The molecule has 0 heterocycles. The molecular formula is C14H11BrF3NO. The zero-order valence-electron chi connectivity index (χ0n) is 10.2. The first kappa shape index (κ1) is 14.7. The van der Waals surface area contributed by atoms with Crippen LogP contribution in [0.25, 0.3) is 0 Å². The second-order valence-electron chi connectivity index (χ2n) is 4.21. The van der Waals surface area contributed by atoms with E-state index in [4.69, 9.17) is 10.5 Å². The van der Waals surface area contributed by atoms with Crippen LogP contribution >= 0.6 is 15.9 Å². The van der Waals surface area contributed by atoms with E-state index < -0.39 is 11.7 Å². The van der Waals surface area contributed by atoms with Crippen molar-refractivity contribution in [1.29, 1.82) is 0 Å². The van der Waals surface area contributed by atoms with E-state index in [0.29, 0.717) is 0 Å². The van der Waals surface area contributed by atoms with Crippen molar-refractivity contribution in [2.45, 2.75) is 12.8 Å². The van der Waals surface area contributed by atoms with Gasteiger partial charge in [-0.05, 0) is 29.8 Å². The van der Waals surface area contributed by atoms with E-state index in [1.54, 1.807) is 0 Å². The molecule has 2 aromatic carbocycles. The molecule has 0 fully saturated rings. The minimum absolute atomic E-state index is 0.0177. The number of nitrogen functional groups attached to an aromatic ring is 1. The molecule has 2 nitrogen and oxygen atoms in total. The molecule has 0 aliphatic heterocycles. The Labute approximate surface area is 122 Å². The maximum atomic E-state index is 12.6. The molecule has 106 valence electrons. The fourth-order valence-corrected chi connectivity index (χ4v) is 2.11. The molecule has 0 atom stereocenters. The van der Waals surface area contributed by atoms with Crippen molar-refractivity contribution in [3.8, 4) is 5.75 Å². The van der Waals surface area contributed by atoms with E-state index in [0.717, 1.165) is 22.2 Å². The zero-order valence-corrected chi connectivity index (χ0v) is 11.8. The number of nitrogens with two attached hydrogens (primary N) is 1. The zero-order chi connectivity index (χ0) is 14.8. The van der Waals surface area contributed by atoms with Crippen molar-refractivity contribution in [2.75, 3.05) is 5.73 Å². The van der Waals surface area contributed by atoms with Crippen LogP contribution in [0.4, 0.5) is 18.9 Å². The van der Waals surface area contributed by atoms with Gasteiger partial charge in [-0.3, -0.25) is 0 Å². The molecular weight excluding hydrogens is 335 g/mol. The number of alkyl halides is 3. The first-order valence-electron chi connectivity index (χ1n) is 5.69. The van der Waals surface area contributed by atoms with Crippen LogP contribution in [0.5, 0.6) is 5.75 Å². The van der Waals surface area contributed by atoms with Gasteiger partial charge in [0, 0.05) is 16.2 Å². The molecule has 2 N–H and O–H groups in total. The summed E-state index contributed by atoms with van der Waals surface area (Å²) in [6.45, 7) is 0.167. The van der Waals surface area contributed by atoms with Crippen LogP contribution in [0.1, 0.15) is 11.1 Å². The number of ether oxygens (including phenoxy) is 1. The van der Waals surface area contributed by atoms with Gasteiger partial charge in [0.1, 0.15) is 12.4 Å². The molecule has 0 spiro atoms. The SMILES string of the molecule is Nc1cc(OCc2cccc(Br)c2)cc(C(F)(F)F)c1. The fraction of sp³-hybridized carbons (Fsp3) is 0.143. The third-order valence-corrected chi connectivity index (χ3v) is 3.04. The van der Waals surface area contributed by atoms with E-state index in [2.05, 4.69) is 15.9 Å². The third-order valence-electron chi connectivity index (χ3n) is 2.55. The minimum Gasteiger partial charge on any atom is -0.489 e. The highest BCUT2D eigenvalue weighted by molar-refractivity contribution is 9.10. The van der Waals surface area contributed by atoms with Gasteiger partial charge in [-0.2, -0.15) is 13.2 Å². The summed E-state index contributed by atoms with van der Waals surface area (Å²) in [6.07, 6.45) is -4.44. The van der Waals surface area contributed by atoms with Crippen molar-refractivity contribution in [3.63, 3.8) is 0 Å². The molecule has 0 saturated heterocycles. The van der Waals surface area contributed by atoms with Crippen LogP contribution in [0.3, 0.4) is 0 Å². The number of benzene rings is 2. The summed E-state index contributed by atoms with van der Waals surface area (Å²) in [5.41, 5.74) is 5.50. The number of halogens is 4. The van der Waals surface area contributed by atoms with E-state index in [1.165, 1.54) is 6.07 Å². The first-order valence-corrected chi connectivity index (χ1v) is 6.49. The van der Waals surface area contributed by atoms with Gasteiger partial charge < -0.3 is 10.5 Å². The Bertz CT molecular complexity index is 614. The van der Waals surface area contributed by atoms with Crippen LogP contribution in [0, 0.1) is 0 Å². The minimum atomic E-state index is -4.44. The van der Waals surface area contributed by atoms with Crippen molar-refractivity contribution in [1.82, 2.24) is 0 Å². The Hall–Kier alpha value is -1.69. The predicted octanol–water partition coefficient (Wildman–Crippen LogP) is 4.63. The van der Waals surface area contributed by atoms with Gasteiger partial charge in [0.2, 0.25) is 0 Å². The Kier molecular flexibility index (Phi) is 4.23. The average Bonchev–Trinajstić information content (AvgIpc) is 2.35. The van der Waals surface area contributed by atoms with Crippen molar-refractivity contribution in [3.05, 3.63) is 58.1 Å². The highest BCUT2D eigenvalue weighted by Gasteiger charge is 2.31. The Morgan fingerprint density at radius 1 is 1.10 bits per heavy atom. The van der Waals surface area contributed by atoms with Crippen LogP contribution in [0.2, 0.25) is 0 Å². The summed E-state index contributed by atoms with van der Waals surface area (Å²) in [6, 6.07) is 10.5. The molecule has 0 radical (unpaired) electrons. The van der Waals surface area contributed by atoms with Gasteiger partial charge in [0.25, 0.3) is 0 Å². The van der Waals surface area contributed by atoms with Crippen LogP contribution in [-0.2, 0) is 12.8 Å². The maximum absolute atomic E-state index is 12.6. The van der Waals surface area contributed by atoms with Crippen molar-refractivity contribution < 1.29 is 17.9 Å². The largest absolute Gasteiger partial charge is 0.489 e.